The van der Waals surface area contributed by atoms with Crippen molar-refractivity contribution < 1.29 is 4.74 Å². The second kappa shape index (κ2) is 4.97. The number of benzene rings is 1. The van der Waals surface area contributed by atoms with Gasteiger partial charge in [-0.25, -0.2) is 0 Å². The molecule has 15 heavy (non-hydrogen) atoms. The molecule has 84 valence electrons. The maximum absolute atomic E-state index is 6.09. The van der Waals surface area contributed by atoms with Crippen LogP contribution in [0.5, 0.6) is 0 Å². The van der Waals surface area contributed by atoms with Crippen LogP contribution in [0.25, 0.3) is 0 Å². The molecule has 0 aromatic heterocycles. The van der Waals surface area contributed by atoms with Gasteiger partial charge in [0.1, 0.15) is 0 Å². The lowest BCUT2D eigenvalue weighted by Crippen LogP contribution is -2.28. The third-order valence-corrected chi connectivity index (χ3v) is 2.91. The second-order valence-electron chi connectivity index (χ2n) is 4.30. The molecule has 0 amide bonds. The molecule has 0 fully saturated rings. The Morgan fingerprint density at radius 3 is 2.53 bits per heavy atom. The summed E-state index contributed by atoms with van der Waals surface area (Å²) < 4.78 is 5.35. The Morgan fingerprint density at radius 1 is 1.40 bits per heavy atom. The third-order valence-electron chi connectivity index (χ3n) is 2.57. The largest absolute Gasteiger partial charge is 0.379 e. The fourth-order valence-corrected chi connectivity index (χ4v) is 1.77. The van der Waals surface area contributed by atoms with Crippen molar-refractivity contribution in [2.75, 3.05) is 7.11 Å². The Balaban J connectivity index is 2.78. The van der Waals surface area contributed by atoms with E-state index in [0.717, 1.165) is 17.0 Å². The molecule has 3 heteroatoms. The van der Waals surface area contributed by atoms with Crippen LogP contribution in [0.2, 0.25) is 5.02 Å². The van der Waals surface area contributed by atoms with Gasteiger partial charge in [-0.2, -0.15) is 0 Å². The Bertz CT molecular complexity index is 325. The van der Waals surface area contributed by atoms with E-state index in [0.29, 0.717) is 0 Å². The zero-order valence-corrected chi connectivity index (χ0v) is 10.2. The summed E-state index contributed by atoms with van der Waals surface area (Å²) in [5.74, 6) is 0. The van der Waals surface area contributed by atoms with Gasteiger partial charge in [-0.1, -0.05) is 29.8 Å². The summed E-state index contributed by atoms with van der Waals surface area (Å²) in [5, 5.41) is 0.719. The number of nitrogens with two attached hydrogens (primary N) is 1. The minimum atomic E-state index is -0.224. The topological polar surface area (TPSA) is 35.2 Å². The summed E-state index contributed by atoms with van der Waals surface area (Å²) in [4.78, 5) is 0. The molecular formula is C12H18ClNO. The number of hydrogen-bond donors (Lipinski definition) is 1. The second-order valence-corrected chi connectivity index (χ2v) is 4.70. The van der Waals surface area contributed by atoms with Crippen LogP contribution in [-0.2, 0) is 4.74 Å². The number of halogens is 1. The first-order valence-electron chi connectivity index (χ1n) is 5.01. The highest BCUT2D eigenvalue weighted by molar-refractivity contribution is 6.31. The first kappa shape index (κ1) is 12.5. The summed E-state index contributed by atoms with van der Waals surface area (Å²) in [7, 11) is 1.69. The number of hydrogen-bond acceptors (Lipinski definition) is 2. The molecule has 1 aromatic carbocycles. The molecule has 1 rings (SSSR count). The molecule has 0 aliphatic rings. The minimum Gasteiger partial charge on any atom is -0.379 e. The van der Waals surface area contributed by atoms with E-state index in [1.165, 1.54) is 0 Å². The lowest BCUT2D eigenvalue weighted by Gasteiger charge is -2.27. The van der Waals surface area contributed by atoms with E-state index in [9.17, 15) is 0 Å². The van der Waals surface area contributed by atoms with Gasteiger partial charge in [0.2, 0.25) is 0 Å². The van der Waals surface area contributed by atoms with Crippen molar-refractivity contribution in [1.29, 1.82) is 0 Å². The molecule has 1 atom stereocenters. The summed E-state index contributed by atoms with van der Waals surface area (Å²) in [6, 6.07) is 7.57. The quantitative estimate of drug-likeness (QED) is 0.858. The van der Waals surface area contributed by atoms with Crippen molar-refractivity contribution in [1.82, 2.24) is 0 Å². The maximum atomic E-state index is 6.09. The van der Waals surface area contributed by atoms with E-state index in [1.807, 2.05) is 38.1 Å². The molecule has 0 bridgehead atoms. The van der Waals surface area contributed by atoms with Crippen LogP contribution in [0, 0.1) is 0 Å². The van der Waals surface area contributed by atoms with E-state index >= 15 is 0 Å². The third kappa shape index (κ3) is 3.49. The molecule has 0 spiro atoms. The van der Waals surface area contributed by atoms with Gasteiger partial charge in [0.15, 0.2) is 0 Å². The Hall–Kier alpha value is -0.570. The normalized spacial score (nSPS) is 13.9. The SMILES string of the molecule is COC(C)(C)CC(N)c1ccccc1Cl. The van der Waals surface area contributed by atoms with Gasteiger partial charge in [0.05, 0.1) is 5.60 Å². The Labute approximate surface area is 96.4 Å². The minimum absolute atomic E-state index is 0.0892. The Kier molecular flexibility index (Phi) is 4.14. The molecule has 0 radical (unpaired) electrons. The molecule has 0 saturated carbocycles. The highest BCUT2D eigenvalue weighted by Gasteiger charge is 2.22. The van der Waals surface area contributed by atoms with Crippen molar-refractivity contribution >= 4 is 11.6 Å². The fourth-order valence-electron chi connectivity index (χ4n) is 1.50. The zero-order chi connectivity index (χ0) is 11.5. The van der Waals surface area contributed by atoms with Gasteiger partial charge in [-0.3, -0.25) is 0 Å². The van der Waals surface area contributed by atoms with Gasteiger partial charge < -0.3 is 10.5 Å². The summed E-state index contributed by atoms with van der Waals surface area (Å²) in [6.07, 6.45) is 0.743. The standard InChI is InChI=1S/C12H18ClNO/c1-12(2,15-3)8-11(14)9-6-4-5-7-10(9)13/h4-7,11H,8,14H2,1-3H3. The first-order chi connectivity index (χ1) is 6.96. The predicted molar refractivity (Wildman–Crippen MR) is 64.1 cm³/mol. The summed E-state index contributed by atoms with van der Waals surface area (Å²) in [6.45, 7) is 4.04. The number of methoxy groups -OCH3 is 1. The van der Waals surface area contributed by atoms with Gasteiger partial charge in [0, 0.05) is 18.2 Å². The fraction of sp³-hybridized carbons (Fsp3) is 0.500. The van der Waals surface area contributed by atoms with Crippen LogP contribution < -0.4 is 5.73 Å². The molecule has 1 unspecified atom stereocenters. The van der Waals surface area contributed by atoms with Crippen molar-refractivity contribution in [2.45, 2.75) is 31.9 Å². The molecule has 1 aromatic rings. The van der Waals surface area contributed by atoms with Crippen LogP contribution in [0.3, 0.4) is 0 Å². The lowest BCUT2D eigenvalue weighted by atomic mass is 9.94. The molecule has 0 aliphatic heterocycles. The number of rotatable bonds is 4. The highest BCUT2D eigenvalue weighted by Crippen LogP contribution is 2.28. The van der Waals surface area contributed by atoms with Crippen LogP contribution in [0.4, 0.5) is 0 Å². The highest BCUT2D eigenvalue weighted by atomic mass is 35.5. The van der Waals surface area contributed by atoms with Gasteiger partial charge >= 0.3 is 0 Å². The van der Waals surface area contributed by atoms with Crippen LogP contribution >= 0.6 is 11.6 Å². The van der Waals surface area contributed by atoms with Gasteiger partial charge in [0.25, 0.3) is 0 Å². The monoisotopic (exact) mass is 227 g/mol. The maximum Gasteiger partial charge on any atom is 0.0640 e. The van der Waals surface area contributed by atoms with E-state index in [1.54, 1.807) is 7.11 Å². The van der Waals surface area contributed by atoms with E-state index in [-0.39, 0.29) is 11.6 Å². The van der Waals surface area contributed by atoms with E-state index < -0.39 is 0 Å². The van der Waals surface area contributed by atoms with E-state index in [4.69, 9.17) is 22.1 Å². The van der Waals surface area contributed by atoms with Crippen LogP contribution in [-0.4, -0.2) is 12.7 Å². The first-order valence-corrected chi connectivity index (χ1v) is 5.39. The van der Waals surface area contributed by atoms with Crippen LogP contribution in [0.15, 0.2) is 24.3 Å². The lowest BCUT2D eigenvalue weighted by molar-refractivity contribution is 0.00996. The Morgan fingerprint density at radius 2 is 2.00 bits per heavy atom. The molecule has 2 nitrogen and oxygen atoms in total. The van der Waals surface area contributed by atoms with Crippen molar-refractivity contribution in [3.63, 3.8) is 0 Å². The molecule has 0 heterocycles. The van der Waals surface area contributed by atoms with Crippen LogP contribution in [0.1, 0.15) is 31.9 Å². The summed E-state index contributed by atoms with van der Waals surface area (Å²) >= 11 is 6.07. The average molecular weight is 228 g/mol. The van der Waals surface area contributed by atoms with Crippen molar-refractivity contribution in [3.8, 4) is 0 Å². The zero-order valence-electron chi connectivity index (χ0n) is 9.46. The van der Waals surface area contributed by atoms with Crippen molar-refractivity contribution in [3.05, 3.63) is 34.9 Å². The van der Waals surface area contributed by atoms with Gasteiger partial charge in [-0.15, -0.1) is 0 Å². The smallest absolute Gasteiger partial charge is 0.0640 e. The van der Waals surface area contributed by atoms with Gasteiger partial charge in [-0.05, 0) is 31.9 Å². The predicted octanol–water partition coefficient (Wildman–Crippen LogP) is 3.15. The summed E-state index contributed by atoms with van der Waals surface area (Å²) in [5.41, 5.74) is 6.85. The number of ether oxygens (including phenoxy) is 1. The molecule has 0 saturated heterocycles. The molecule has 2 N–H and O–H groups in total. The van der Waals surface area contributed by atoms with E-state index in [2.05, 4.69) is 0 Å². The molecule has 0 aliphatic carbocycles. The van der Waals surface area contributed by atoms with Crippen molar-refractivity contribution in [2.24, 2.45) is 5.73 Å². The average Bonchev–Trinajstić information content (AvgIpc) is 2.17. The molecular weight excluding hydrogens is 210 g/mol.